The van der Waals surface area contributed by atoms with Gasteiger partial charge < -0.3 is 10.2 Å². The van der Waals surface area contributed by atoms with E-state index in [2.05, 4.69) is 57.5 Å². The average molecular weight is 325 g/mol. The minimum atomic E-state index is 0.111. The van der Waals surface area contributed by atoms with Crippen molar-refractivity contribution in [1.29, 1.82) is 0 Å². The molecule has 1 aromatic rings. The van der Waals surface area contributed by atoms with Gasteiger partial charge in [-0.05, 0) is 37.6 Å². The van der Waals surface area contributed by atoms with Crippen LogP contribution in [-0.4, -0.2) is 38.0 Å². The lowest BCUT2D eigenvalue weighted by molar-refractivity contribution is -0.120. The molecule has 1 saturated carbocycles. The van der Waals surface area contributed by atoms with Crippen molar-refractivity contribution in [1.82, 2.24) is 10.2 Å². The first-order valence-corrected chi connectivity index (χ1v) is 7.50. The molecule has 0 saturated heterocycles. The lowest BCUT2D eigenvalue weighted by Crippen LogP contribution is -2.32. The summed E-state index contributed by atoms with van der Waals surface area (Å²) in [5.74, 6) is 0.111. The molecule has 0 heterocycles. The maximum Gasteiger partial charge on any atom is 0.221 e. The molecular weight excluding hydrogens is 304 g/mol. The summed E-state index contributed by atoms with van der Waals surface area (Å²) in [5, 5.41) is 2.67. The predicted molar refractivity (Wildman–Crippen MR) is 81.2 cm³/mol. The van der Waals surface area contributed by atoms with Gasteiger partial charge >= 0.3 is 0 Å². The van der Waals surface area contributed by atoms with Crippen molar-refractivity contribution in [2.75, 3.05) is 27.2 Å². The Morgan fingerprint density at radius 2 is 2.00 bits per heavy atom. The third-order valence-corrected chi connectivity index (χ3v) is 4.41. The van der Waals surface area contributed by atoms with Crippen LogP contribution in [0.1, 0.15) is 24.8 Å². The monoisotopic (exact) mass is 324 g/mol. The number of carbonyl (C=O) groups excluding carboxylic acids is 1. The number of rotatable bonds is 6. The van der Waals surface area contributed by atoms with Gasteiger partial charge in [0.05, 0.1) is 0 Å². The van der Waals surface area contributed by atoms with E-state index in [4.69, 9.17) is 0 Å². The standard InChI is InChI=1S/C15H21BrN2O/c1-17-14(19)7-10-18(2)11-15(8-9-15)12-3-5-13(16)6-4-12/h3-6H,7-11H2,1-2H3,(H,17,19). The van der Waals surface area contributed by atoms with Gasteiger partial charge in [-0.3, -0.25) is 4.79 Å². The molecule has 0 unspecified atom stereocenters. The lowest BCUT2D eigenvalue weighted by Gasteiger charge is -2.24. The first-order chi connectivity index (χ1) is 9.05. The molecule has 1 aliphatic carbocycles. The topological polar surface area (TPSA) is 32.3 Å². The Labute approximate surface area is 123 Å². The van der Waals surface area contributed by atoms with Gasteiger partial charge in [-0.1, -0.05) is 28.1 Å². The second kappa shape index (κ2) is 6.06. The van der Waals surface area contributed by atoms with E-state index in [1.165, 1.54) is 18.4 Å². The fraction of sp³-hybridized carbons (Fsp3) is 0.533. The van der Waals surface area contributed by atoms with E-state index in [1.54, 1.807) is 7.05 Å². The Bertz CT molecular complexity index is 440. The van der Waals surface area contributed by atoms with Gasteiger partial charge in [-0.2, -0.15) is 0 Å². The summed E-state index contributed by atoms with van der Waals surface area (Å²) in [6, 6.07) is 8.65. The van der Waals surface area contributed by atoms with E-state index >= 15 is 0 Å². The molecular formula is C15H21BrN2O. The number of benzene rings is 1. The molecule has 1 N–H and O–H groups in total. The molecule has 1 amide bonds. The first kappa shape index (κ1) is 14.5. The average Bonchev–Trinajstić information content (AvgIpc) is 3.17. The van der Waals surface area contributed by atoms with Crippen LogP contribution in [0.2, 0.25) is 0 Å². The summed E-state index contributed by atoms with van der Waals surface area (Å²) in [4.78, 5) is 13.5. The number of amides is 1. The van der Waals surface area contributed by atoms with Crippen molar-refractivity contribution in [3.05, 3.63) is 34.3 Å². The first-order valence-electron chi connectivity index (χ1n) is 6.71. The molecule has 1 aromatic carbocycles. The van der Waals surface area contributed by atoms with Crippen LogP contribution in [0.15, 0.2) is 28.7 Å². The van der Waals surface area contributed by atoms with Crippen molar-refractivity contribution in [3.63, 3.8) is 0 Å². The van der Waals surface area contributed by atoms with Gasteiger partial charge in [-0.15, -0.1) is 0 Å². The van der Waals surface area contributed by atoms with Crippen molar-refractivity contribution in [3.8, 4) is 0 Å². The number of nitrogens with zero attached hydrogens (tertiary/aromatic N) is 1. The molecule has 0 atom stereocenters. The van der Waals surface area contributed by atoms with Crippen molar-refractivity contribution in [2.45, 2.75) is 24.7 Å². The fourth-order valence-electron chi connectivity index (χ4n) is 2.51. The molecule has 3 nitrogen and oxygen atoms in total. The summed E-state index contributed by atoms with van der Waals surface area (Å²) in [6.07, 6.45) is 3.07. The third kappa shape index (κ3) is 3.80. The Hall–Kier alpha value is -0.870. The van der Waals surface area contributed by atoms with Gasteiger partial charge in [0, 0.05) is 36.4 Å². The molecule has 0 radical (unpaired) electrons. The Morgan fingerprint density at radius 1 is 1.37 bits per heavy atom. The molecule has 2 rings (SSSR count). The van der Waals surface area contributed by atoms with Crippen LogP contribution < -0.4 is 5.32 Å². The van der Waals surface area contributed by atoms with Crippen LogP contribution >= 0.6 is 15.9 Å². The summed E-state index contributed by atoms with van der Waals surface area (Å²) in [5.41, 5.74) is 1.74. The van der Waals surface area contributed by atoms with Crippen LogP contribution in [-0.2, 0) is 10.2 Å². The predicted octanol–water partition coefficient (Wildman–Crippen LogP) is 2.55. The van der Waals surface area contributed by atoms with Gasteiger partial charge in [0.1, 0.15) is 0 Å². The highest BCUT2D eigenvalue weighted by Gasteiger charge is 2.44. The number of carbonyl (C=O) groups is 1. The van der Waals surface area contributed by atoms with Crippen molar-refractivity contribution in [2.24, 2.45) is 0 Å². The van der Waals surface area contributed by atoms with E-state index in [-0.39, 0.29) is 5.91 Å². The van der Waals surface area contributed by atoms with Crippen LogP contribution in [0.4, 0.5) is 0 Å². The number of halogens is 1. The van der Waals surface area contributed by atoms with Crippen LogP contribution in [0, 0.1) is 0 Å². The van der Waals surface area contributed by atoms with Crippen molar-refractivity contribution < 1.29 is 4.79 Å². The Morgan fingerprint density at radius 3 is 2.53 bits per heavy atom. The molecule has 19 heavy (non-hydrogen) atoms. The highest BCUT2D eigenvalue weighted by atomic mass is 79.9. The normalized spacial score (nSPS) is 16.4. The molecule has 0 aromatic heterocycles. The highest BCUT2D eigenvalue weighted by Crippen LogP contribution is 2.48. The zero-order valence-electron chi connectivity index (χ0n) is 11.6. The quantitative estimate of drug-likeness (QED) is 0.872. The summed E-state index contributed by atoms with van der Waals surface area (Å²) < 4.78 is 1.13. The van der Waals surface area contributed by atoms with Gasteiger partial charge in [0.2, 0.25) is 5.91 Å². The number of hydrogen-bond acceptors (Lipinski definition) is 2. The smallest absolute Gasteiger partial charge is 0.221 e. The van der Waals surface area contributed by atoms with E-state index in [9.17, 15) is 4.79 Å². The van der Waals surface area contributed by atoms with Crippen LogP contribution in [0.25, 0.3) is 0 Å². The second-order valence-corrected chi connectivity index (χ2v) is 6.36. The van der Waals surface area contributed by atoms with E-state index in [0.29, 0.717) is 11.8 Å². The van der Waals surface area contributed by atoms with E-state index < -0.39 is 0 Å². The highest BCUT2D eigenvalue weighted by molar-refractivity contribution is 9.10. The summed E-state index contributed by atoms with van der Waals surface area (Å²) >= 11 is 3.48. The van der Waals surface area contributed by atoms with Gasteiger partial charge in [0.25, 0.3) is 0 Å². The summed E-state index contributed by atoms with van der Waals surface area (Å²) in [7, 11) is 3.79. The minimum absolute atomic E-state index is 0.111. The Kier molecular flexibility index (Phi) is 4.63. The zero-order valence-corrected chi connectivity index (χ0v) is 13.2. The molecule has 1 fully saturated rings. The SMILES string of the molecule is CNC(=O)CCN(C)CC1(c2ccc(Br)cc2)CC1. The lowest BCUT2D eigenvalue weighted by atomic mass is 9.95. The minimum Gasteiger partial charge on any atom is -0.359 e. The largest absolute Gasteiger partial charge is 0.359 e. The molecule has 0 bridgehead atoms. The fourth-order valence-corrected chi connectivity index (χ4v) is 2.77. The van der Waals surface area contributed by atoms with E-state index in [0.717, 1.165) is 17.6 Å². The van der Waals surface area contributed by atoms with Crippen LogP contribution in [0.5, 0.6) is 0 Å². The van der Waals surface area contributed by atoms with Gasteiger partial charge in [-0.25, -0.2) is 0 Å². The number of nitrogens with one attached hydrogen (secondary N) is 1. The molecule has 1 aliphatic rings. The molecule has 0 spiro atoms. The Balaban J connectivity index is 1.91. The van der Waals surface area contributed by atoms with Crippen LogP contribution in [0.3, 0.4) is 0 Å². The van der Waals surface area contributed by atoms with E-state index in [1.807, 2.05) is 0 Å². The molecule has 4 heteroatoms. The second-order valence-electron chi connectivity index (χ2n) is 5.45. The van der Waals surface area contributed by atoms with Crippen molar-refractivity contribution >= 4 is 21.8 Å². The summed E-state index contributed by atoms with van der Waals surface area (Å²) in [6.45, 7) is 1.85. The molecule has 0 aliphatic heterocycles. The maximum absolute atomic E-state index is 11.3. The number of hydrogen-bond donors (Lipinski definition) is 1. The third-order valence-electron chi connectivity index (χ3n) is 3.88. The maximum atomic E-state index is 11.3. The zero-order chi connectivity index (χ0) is 13.9. The molecule has 104 valence electrons. The van der Waals surface area contributed by atoms with Gasteiger partial charge in [0.15, 0.2) is 0 Å². The number of likely N-dealkylation sites (N-methyl/N-ethyl adjacent to an activating group) is 1.